The lowest BCUT2D eigenvalue weighted by Crippen LogP contribution is -2.41. The Hall–Kier alpha value is -2.40. The van der Waals surface area contributed by atoms with Gasteiger partial charge in [0, 0.05) is 29.8 Å². The maximum atomic E-state index is 5.25. The number of piperidine rings is 1. The Balaban J connectivity index is 1.70. The van der Waals surface area contributed by atoms with Crippen LogP contribution in [-0.4, -0.2) is 34.1 Å². The molecule has 3 aliphatic rings. The van der Waals surface area contributed by atoms with Crippen LogP contribution >= 0.6 is 0 Å². The van der Waals surface area contributed by atoms with Gasteiger partial charge in [-0.25, -0.2) is 4.98 Å². The number of hydrogen-bond donors (Lipinski definition) is 2. The van der Waals surface area contributed by atoms with Crippen LogP contribution < -0.4 is 10.1 Å². The van der Waals surface area contributed by atoms with Crippen molar-refractivity contribution in [1.29, 1.82) is 0 Å². The van der Waals surface area contributed by atoms with E-state index in [1.165, 1.54) is 0 Å². The van der Waals surface area contributed by atoms with Gasteiger partial charge in [-0.2, -0.15) is 0 Å². The van der Waals surface area contributed by atoms with Gasteiger partial charge in [0.25, 0.3) is 0 Å². The van der Waals surface area contributed by atoms with Crippen molar-refractivity contribution in [2.45, 2.75) is 44.7 Å². The summed E-state index contributed by atoms with van der Waals surface area (Å²) in [5.74, 6) is 2.38. The Morgan fingerprint density at radius 3 is 2.40 bits per heavy atom. The molecule has 2 atom stereocenters. The third-order valence-electron chi connectivity index (χ3n) is 5.07. The first-order valence-corrected chi connectivity index (χ1v) is 8.88. The summed E-state index contributed by atoms with van der Waals surface area (Å²) < 4.78 is 5.25. The number of benzene rings is 1. The molecule has 3 heterocycles. The number of methoxy groups -OCH3 is 1. The molecule has 3 aliphatic heterocycles. The first-order valence-electron chi connectivity index (χ1n) is 8.88. The van der Waals surface area contributed by atoms with Gasteiger partial charge < -0.3 is 15.0 Å². The number of H-pyrrole nitrogens is 1. The van der Waals surface area contributed by atoms with Crippen molar-refractivity contribution in [1.82, 2.24) is 20.3 Å². The van der Waals surface area contributed by atoms with E-state index in [-0.39, 0.29) is 0 Å². The van der Waals surface area contributed by atoms with Gasteiger partial charge in [-0.1, -0.05) is 12.1 Å². The molecule has 0 aromatic heterocycles. The summed E-state index contributed by atoms with van der Waals surface area (Å²) in [6, 6.07) is 9.12. The predicted molar refractivity (Wildman–Crippen MR) is 99.0 cm³/mol. The summed E-state index contributed by atoms with van der Waals surface area (Å²) in [6.45, 7) is 4.49. The van der Waals surface area contributed by atoms with Crippen molar-refractivity contribution in [2.75, 3.05) is 7.11 Å². The molecule has 1 saturated heterocycles. The number of hydrogen-bond acceptors (Lipinski definition) is 4. The van der Waals surface area contributed by atoms with E-state index in [1.54, 1.807) is 7.11 Å². The standard InChI is InChI=1S/C20H24N4O/c1-12-8-15(9-13(2)23-12)20-22-11-18-19(24-20)17(10-21-18)14-4-6-16(25-3)7-5-14/h4-7,10-13,15,23H,8-9H2,1-3H3,(H,22,24). The molecule has 1 fully saturated rings. The average molecular weight is 336 g/mol. The Kier molecular flexibility index (Phi) is 4.17. The quantitative estimate of drug-likeness (QED) is 0.763. The van der Waals surface area contributed by atoms with Crippen molar-refractivity contribution in [3.63, 3.8) is 0 Å². The highest BCUT2D eigenvalue weighted by atomic mass is 16.5. The molecule has 5 heteroatoms. The van der Waals surface area contributed by atoms with Gasteiger partial charge in [-0.3, -0.25) is 4.98 Å². The first kappa shape index (κ1) is 16.1. The molecule has 0 amide bonds. The molecule has 1 aromatic rings. The van der Waals surface area contributed by atoms with Crippen molar-refractivity contribution >= 4 is 0 Å². The molecule has 0 bridgehead atoms. The zero-order chi connectivity index (χ0) is 17.4. The molecular formula is C20H24N4O. The van der Waals surface area contributed by atoms with E-state index >= 15 is 0 Å². The number of fused-ring (bicyclic) bond motifs is 1. The molecule has 2 N–H and O–H groups in total. The largest absolute Gasteiger partial charge is 0.497 e. The van der Waals surface area contributed by atoms with Gasteiger partial charge in [0.1, 0.15) is 17.3 Å². The van der Waals surface area contributed by atoms with Crippen molar-refractivity contribution in [3.05, 3.63) is 42.5 Å². The van der Waals surface area contributed by atoms with Gasteiger partial charge >= 0.3 is 0 Å². The van der Waals surface area contributed by atoms with Crippen LogP contribution in [-0.2, 0) is 0 Å². The van der Waals surface area contributed by atoms with Crippen LogP contribution in [0.25, 0.3) is 22.5 Å². The fraction of sp³-hybridized carbons (Fsp3) is 0.400. The number of aromatic nitrogens is 3. The summed E-state index contributed by atoms with van der Waals surface area (Å²) in [6.07, 6.45) is 6.02. The molecule has 0 radical (unpaired) electrons. The number of nitrogens with one attached hydrogen (secondary N) is 2. The Morgan fingerprint density at radius 2 is 1.72 bits per heavy atom. The molecule has 5 nitrogen and oxygen atoms in total. The normalized spacial score (nSPS) is 23.7. The summed E-state index contributed by atoms with van der Waals surface area (Å²) in [5.41, 5.74) is 4.21. The molecule has 2 unspecified atom stereocenters. The highest BCUT2D eigenvalue weighted by molar-refractivity contribution is 5.80. The summed E-state index contributed by atoms with van der Waals surface area (Å²) in [7, 11) is 1.68. The van der Waals surface area contributed by atoms with Gasteiger partial charge in [-0.05, 0) is 44.4 Å². The van der Waals surface area contributed by atoms with Gasteiger partial charge in [0.2, 0.25) is 0 Å². The monoisotopic (exact) mass is 336 g/mol. The minimum absolute atomic E-state index is 0.453. The van der Waals surface area contributed by atoms with E-state index in [9.17, 15) is 0 Å². The molecule has 0 saturated carbocycles. The van der Waals surface area contributed by atoms with E-state index in [2.05, 4.69) is 46.2 Å². The molecule has 1 aromatic carbocycles. The van der Waals surface area contributed by atoms with Crippen LogP contribution in [0.4, 0.5) is 0 Å². The van der Waals surface area contributed by atoms with Gasteiger partial charge in [0.05, 0.1) is 19.0 Å². The van der Waals surface area contributed by atoms with E-state index in [4.69, 9.17) is 4.74 Å². The first-order chi connectivity index (χ1) is 12.1. The summed E-state index contributed by atoms with van der Waals surface area (Å²) in [4.78, 5) is 12.8. The van der Waals surface area contributed by atoms with Crippen molar-refractivity contribution in [3.8, 4) is 28.3 Å². The smallest absolute Gasteiger partial charge is 0.118 e. The van der Waals surface area contributed by atoms with E-state index in [0.29, 0.717) is 18.0 Å². The zero-order valence-corrected chi connectivity index (χ0v) is 14.9. The van der Waals surface area contributed by atoms with Crippen molar-refractivity contribution in [2.24, 2.45) is 0 Å². The van der Waals surface area contributed by atoms with Crippen LogP contribution in [0.5, 0.6) is 5.75 Å². The second kappa shape index (κ2) is 6.48. The lowest BCUT2D eigenvalue weighted by molar-refractivity contribution is 0.309. The van der Waals surface area contributed by atoms with Gasteiger partial charge in [0.15, 0.2) is 0 Å². The third-order valence-corrected chi connectivity index (χ3v) is 5.07. The SMILES string of the molecule is COc1ccc(-c2cnc3cnc(C4CC(C)NC(C)C4)[nH]c2-3)cc1. The average Bonchev–Trinajstić information content (AvgIpc) is 3.04. The highest BCUT2D eigenvalue weighted by Crippen LogP contribution is 2.35. The minimum atomic E-state index is 0.453. The number of aromatic amines is 1. The van der Waals surface area contributed by atoms with Crippen LogP contribution in [0.1, 0.15) is 38.4 Å². The minimum Gasteiger partial charge on any atom is -0.497 e. The number of rotatable bonds is 3. The van der Waals surface area contributed by atoms with E-state index in [0.717, 1.165) is 46.9 Å². The Bertz CT molecular complexity index is 816. The van der Waals surface area contributed by atoms with Gasteiger partial charge in [-0.15, -0.1) is 0 Å². The van der Waals surface area contributed by atoms with Crippen LogP contribution in [0.15, 0.2) is 36.7 Å². The van der Waals surface area contributed by atoms with Crippen LogP contribution in [0.3, 0.4) is 0 Å². The Labute approximate surface area is 148 Å². The topological polar surface area (TPSA) is 62.8 Å². The highest BCUT2D eigenvalue weighted by Gasteiger charge is 2.27. The number of ether oxygens (including phenoxy) is 1. The second-order valence-electron chi connectivity index (χ2n) is 7.07. The maximum Gasteiger partial charge on any atom is 0.118 e. The summed E-state index contributed by atoms with van der Waals surface area (Å²) >= 11 is 0. The van der Waals surface area contributed by atoms with E-state index < -0.39 is 0 Å². The predicted octanol–water partition coefficient (Wildman–Crippen LogP) is 3.83. The summed E-state index contributed by atoms with van der Waals surface area (Å²) in [5, 5.41) is 3.59. The fourth-order valence-corrected chi connectivity index (χ4v) is 3.91. The number of nitrogens with zero attached hydrogens (tertiary/aromatic N) is 2. The molecule has 25 heavy (non-hydrogen) atoms. The lowest BCUT2D eigenvalue weighted by Gasteiger charge is -2.32. The van der Waals surface area contributed by atoms with Crippen LogP contribution in [0, 0.1) is 0 Å². The second-order valence-corrected chi connectivity index (χ2v) is 7.07. The molecule has 130 valence electrons. The zero-order valence-electron chi connectivity index (χ0n) is 14.9. The third kappa shape index (κ3) is 3.12. The molecular weight excluding hydrogens is 312 g/mol. The molecule has 0 spiro atoms. The lowest BCUT2D eigenvalue weighted by atomic mass is 9.88. The van der Waals surface area contributed by atoms with Crippen molar-refractivity contribution < 1.29 is 4.74 Å². The van der Waals surface area contributed by atoms with Crippen LogP contribution in [0.2, 0.25) is 0 Å². The Morgan fingerprint density at radius 1 is 1.00 bits per heavy atom. The molecule has 4 rings (SSSR count). The maximum absolute atomic E-state index is 5.25. The molecule has 0 aliphatic carbocycles. The van der Waals surface area contributed by atoms with E-state index in [1.807, 2.05) is 24.5 Å². The fourth-order valence-electron chi connectivity index (χ4n) is 3.91.